The molecule has 1 aliphatic heterocycles. The summed E-state index contributed by atoms with van der Waals surface area (Å²) in [5.74, 6) is 2.27. The maximum Gasteiger partial charge on any atom is 0.164 e. The van der Waals surface area contributed by atoms with Crippen LogP contribution in [-0.2, 0) is 0 Å². The summed E-state index contributed by atoms with van der Waals surface area (Å²) in [7, 11) is 0. The molecule has 23 heavy (non-hydrogen) atoms. The van der Waals surface area contributed by atoms with Crippen LogP contribution in [0, 0.1) is 11.8 Å². The number of carbonyl (C=O) groups excluding carboxylic acids is 1. The van der Waals surface area contributed by atoms with Gasteiger partial charge in [0.2, 0.25) is 0 Å². The minimum absolute atomic E-state index is 0.157. The summed E-state index contributed by atoms with van der Waals surface area (Å²) in [4.78, 5) is 14.8. The van der Waals surface area contributed by atoms with Gasteiger partial charge in [-0.15, -0.1) is 0 Å². The number of benzene rings is 1. The van der Waals surface area contributed by atoms with Crippen LogP contribution in [-0.4, -0.2) is 36.9 Å². The number of hydrogen-bond donors (Lipinski definition) is 1. The largest absolute Gasteiger partial charge is 0.491 e. The molecule has 0 saturated carbocycles. The van der Waals surface area contributed by atoms with E-state index in [-0.39, 0.29) is 5.78 Å². The van der Waals surface area contributed by atoms with Crippen molar-refractivity contribution in [3.63, 3.8) is 0 Å². The molecule has 4 heteroatoms. The first kappa shape index (κ1) is 17.8. The number of nitrogens with zero attached hydrogens (tertiary/aromatic N) is 1. The number of nitrogens with two attached hydrogens (primary N) is 1. The molecule has 2 atom stereocenters. The minimum atomic E-state index is 0.157. The van der Waals surface area contributed by atoms with Gasteiger partial charge in [0.05, 0.1) is 12.3 Å². The normalized spacial score (nSPS) is 22.0. The Bertz CT molecular complexity index is 520. The maximum absolute atomic E-state index is 12.4. The average Bonchev–Trinajstić information content (AvgIpc) is 2.50. The molecule has 1 fully saturated rings. The summed E-state index contributed by atoms with van der Waals surface area (Å²) in [6.45, 7) is 10.3. The lowest BCUT2D eigenvalue weighted by Gasteiger charge is -2.34. The third-order valence-corrected chi connectivity index (χ3v) is 4.39. The van der Waals surface area contributed by atoms with E-state index in [0.717, 1.165) is 37.9 Å². The Kier molecular flexibility index (Phi) is 6.46. The van der Waals surface area contributed by atoms with Gasteiger partial charge in [0.25, 0.3) is 0 Å². The van der Waals surface area contributed by atoms with Gasteiger partial charge in [-0.1, -0.05) is 20.8 Å². The summed E-state index contributed by atoms with van der Waals surface area (Å²) in [6, 6.07) is 5.38. The van der Waals surface area contributed by atoms with Crippen LogP contribution in [0.4, 0.5) is 5.69 Å². The van der Waals surface area contributed by atoms with Crippen molar-refractivity contribution < 1.29 is 9.53 Å². The molecule has 0 radical (unpaired) electrons. The minimum Gasteiger partial charge on any atom is -0.491 e. The van der Waals surface area contributed by atoms with E-state index < -0.39 is 0 Å². The van der Waals surface area contributed by atoms with Gasteiger partial charge < -0.3 is 15.4 Å². The SMILES string of the molecule is CCCOc1ccc(C(=O)CCN2CC(C)CC(C)C2)cc1N. The Labute approximate surface area is 140 Å². The number of ether oxygens (including phenoxy) is 1. The van der Waals surface area contributed by atoms with Crippen LogP contribution in [0.2, 0.25) is 0 Å². The number of rotatable bonds is 7. The molecule has 4 nitrogen and oxygen atoms in total. The van der Waals surface area contributed by atoms with Crippen LogP contribution >= 0.6 is 0 Å². The van der Waals surface area contributed by atoms with E-state index in [1.165, 1.54) is 6.42 Å². The standard InChI is InChI=1S/C19H30N2O2/c1-4-9-23-19-6-5-16(11-17(19)20)18(22)7-8-21-12-14(2)10-15(3)13-21/h5-6,11,14-15H,4,7-10,12-13,20H2,1-3H3. The van der Waals surface area contributed by atoms with Crippen molar-refractivity contribution in [2.45, 2.75) is 40.0 Å². The van der Waals surface area contributed by atoms with Gasteiger partial charge in [-0.05, 0) is 42.9 Å². The first-order valence-corrected chi connectivity index (χ1v) is 8.77. The molecule has 1 aliphatic rings. The van der Waals surface area contributed by atoms with E-state index in [1.54, 1.807) is 6.07 Å². The molecule has 1 aromatic rings. The highest BCUT2D eigenvalue weighted by Crippen LogP contribution is 2.24. The quantitative estimate of drug-likeness (QED) is 0.616. The second kappa shape index (κ2) is 8.34. The van der Waals surface area contributed by atoms with E-state index >= 15 is 0 Å². The summed E-state index contributed by atoms with van der Waals surface area (Å²) >= 11 is 0. The van der Waals surface area contributed by atoms with Gasteiger partial charge in [-0.3, -0.25) is 4.79 Å². The molecule has 1 saturated heterocycles. The number of anilines is 1. The van der Waals surface area contributed by atoms with Crippen LogP contribution in [0.3, 0.4) is 0 Å². The number of ketones is 1. The molecule has 128 valence electrons. The summed E-state index contributed by atoms with van der Waals surface area (Å²) in [5, 5.41) is 0. The van der Waals surface area contributed by atoms with E-state index in [2.05, 4.69) is 25.7 Å². The molecule has 0 spiro atoms. The number of likely N-dealkylation sites (tertiary alicyclic amines) is 1. The highest BCUT2D eigenvalue weighted by molar-refractivity contribution is 5.97. The molecule has 0 bridgehead atoms. The summed E-state index contributed by atoms with van der Waals surface area (Å²) < 4.78 is 5.55. The van der Waals surface area contributed by atoms with Gasteiger partial charge in [0.1, 0.15) is 5.75 Å². The van der Waals surface area contributed by atoms with Crippen LogP contribution < -0.4 is 10.5 Å². The first-order valence-electron chi connectivity index (χ1n) is 8.77. The van der Waals surface area contributed by atoms with E-state index in [9.17, 15) is 4.79 Å². The molecule has 2 N–H and O–H groups in total. The molecular weight excluding hydrogens is 288 g/mol. The van der Waals surface area contributed by atoms with Crippen LogP contribution in [0.5, 0.6) is 5.75 Å². The molecular formula is C19H30N2O2. The van der Waals surface area contributed by atoms with Crippen molar-refractivity contribution >= 4 is 11.5 Å². The Morgan fingerprint density at radius 2 is 2.00 bits per heavy atom. The molecule has 0 aliphatic carbocycles. The van der Waals surface area contributed by atoms with Crippen LogP contribution in [0.1, 0.15) is 50.4 Å². The number of hydrogen-bond acceptors (Lipinski definition) is 4. The molecule has 0 aromatic heterocycles. The zero-order valence-electron chi connectivity index (χ0n) is 14.7. The van der Waals surface area contributed by atoms with Crippen molar-refractivity contribution in [2.24, 2.45) is 11.8 Å². The molecule has 1 aromatic carbocycles. The molecule has 2 rings (SSSR count). The predicted octanol–water partition coefficient (Wildman–Crippen LogP) is 3.61. The fourth-order valence-corrected chi connectivity index (χ4v) is 3.44. The Morgan fingerprint density at radius 3 is 2.61 bits per heavy atom. The third kappa shape index (κ3) is 5.24. The van der Waals surface area contributed by atoms with Gasteiger partial charge in [-0.25, -0.2) is 0 Å². The van der Waals surface area contributed by atoms with Gasteiger partial charge in [0, 0.05) is 31.6 Å². The van der Waals surface area contributed by atoms with Crippen molar-refractivity contribution in [3.05, 3.63) is 23.8 Å². The van der Waals surface area contributed by atoms with Crippen molar-refractivity contribution in [3.8, 4) is 5.75 Å². The third-order valence-electron chi connectivity index (χ3n) is 4.39. The lowest BCUT2D eigenvalue weighted by molar-refractivity contribution is 0.0926. The van der Waals surface area contributed by atoms with E-state index in [0.29, 0.717) is 30.0 Å². The maximum atomic E-state index is 12.4. The van der Waals surface area contributed by atoms with Gasteiger partial charge in [-0.2, -0.15) is 0 Å². The monoisotopic (exact) mass is 318 g/mol. The van der Waals surface area contributed by atoms with E-state index in [1.807, 2.05) is 12.1 Å². The zero-order valence-corrected chi connectivity index (χ0v) is 14.7. The lowest BCUT2D eigenvalue weighted by Crippen LogP contribution is -2.39. The number of carbonyl (C=O) groups is 1. The number of Topliss-reactive ketones (excluding diaryl/α,β-unsaturated/α-hetero) is 1. The van der Waals surface area contributed by atoms with Gasteiger partial charge >= 0.3 is 0 Å². The smallest absolute Gasteiger partial charge is 0.164 e. The number of piperidine rings is 1. The Hall–Kier alpha value is -1.55. The molecule has 0 amide bonds. The zero-order chi connectivity index (χ0) is 16.8. The summed E-state index contributed by atoms with van der Waals surface area (Å²) in [6.07, 6.45) is 2.78. The fourth-order valence-electron chi connectivity index (χ4n) is 3.44. The van der Waals surface area contributed by atoms with Crippen LogP contribution in [0.25, 0.3) is 0 Å². The van der Waals surface area contributed by atoms with Gasteiger partial charge in [0.15, 0.2) is 5.78 Å². The molecule has 1 heterocycles. The highest BCUT2D eigenvalue weighted by atomic mass is 16.5. The second-order valence-electron chi connectivity index (χ2n) is 6.98. The number of nitrogen functional groups attached to an aromatic ring is 1. The lowest BCUT2D eigenvalue weighted by atomic mass is 9.91. The van der Waals surface area contributed by atoms with Crippen molar-refractivity contribution in [1.82, 2.24) is 4.90 Å². The summed E-state index contributed by atoms with van der Waals surface area (Å²) in [5.41, 5.74) is 7.22. The molecule has 2 unspecified atom stereocenters. The fraction of sp³-hybridized carbons (Fsp3) is 0.632. The Morgan fingerprint density at radius 1 is 1.30 bits per heavy atom. The predicted molar refractivity (Wildman–Crippen MR) is 95.0 cm³/mol. The highest BCUT2D eigenvalue weighted by Gasteiger charge is 2.22. The van der Waals surface area contributed by atoms with Crippen LogP contribution in [0.15, 0.2) is 18.2 Å². The van der Waals surface area contributed by atoms with E-state index in [4.69, 9.17) is 10.5 Å². The second-order valence-corrected chi connectivity index (χ2v) is 6.98. The van der Waals surface area contributed by atoms with Crippen molar-refractivity contribution in [2.75, 3.05) is 32.0 Å². The average molecular weight is 318 g/mol. The van der Waals surface area contributed by atoms with Crippen molar-refractivity contribution in [1.29, 1.82) is 0 Å². The Balaban J connectivity index is 1.89. The topological polar surface area (TPSA) is 55.6 Å². The first-order chi connectivity index (χ1) is 11.0.